The topological polar surface area (TPSA) is 128 Å². The minimum absolute atomic E-state index is 0.0178. The number of piperidine rings is 3. The minimum Gasteiger partial charge on any atom is -0.322 e. The first-order valence-electron chi connectivity index (χ1n) is 29.3. The minimum atomic E-state index is -3.27. The maximum atomic E-state index is 13.6. The Hall–Kier alpha value is 0.780. The molecule has 16 nitrogen and oxygen atoms in total. The summed E-state index contributed by atoms with van der Waals surface area (Å²) in [6.45, 7) is 53.2. The molecule has 0 bridgehead atoms. The third-order valence-electron chi connectivity index (χ3n) is 15.6. The summed E-state index contributed by atoms with van der Waals surface area (Å²) in [6.07, 6.45) is 13.0. The van der Waals surface area contributed by atoms with E-state index in [1.165, 1.54) is 25.7 Å². The molecule has 0 saturated carbocycles. The SMILES string of the molecule is CC1(C)COP(Cl)OC1.CCCCN(C1CC(C)(C)N(OC)C(C)(C)C1)P1(=O)OCC(C)(C)CO1.CCCCN(C1CC(C)(C)N(OC)C(C)(C)C1)P1OCC(C)(C)CO1.CCCCNC1CC(C)(C)N(OC)C(C)(C)C1. The summed E-state index contributed by atoms with van der Waals surface area (Å²) in [5.41, 5.74) is -0.00423. The second kappa shape index (κ2) is 29.7. The van der Waals surface area contributed by atoms with Crippen LogP contribution in [0.15, 0.2) is 0 Å². The van der Waals surface area contributed by atoms with Crippen molar-refractivity contribution >= 4 is 35.2 Å². The molecule has 0 aromatic heterocycles. The third-order valence-corrected chi connectivity index (χ3v) is 20.5. The van der Waals surface area contributed by atoms with Crippen LogP contribution in [0.25, 0.3) is 0 Å². The van der Waals surface area contributed by atoms with Crippen molar-refractivity contribution in [2.24, 2.45) is 16.2 Å². The zero-order valence-corrected chi connectivity index (χ0v) is 57.1. The highest BCUT2D eigenvalue weighted by molar-refractivity contribution is 7.76. The van der Waals surface area contributed by atoms with E-state index in [2.05, 4.69) is 171 Å². The molecule has 0 spiro atoms. The van der Waals surface area contributed by atoms with Gasteiger partial charge in [0.05, 0.1) is 61.0 Å². The number of nitrogens with one attached hydrogen (secondary N) is 1. The van der Waals surface area contributed by atoms with Gasteiger partial charge in [0.15, 0.2) is 0 Å². The lowest BCUT2D eigenvalue weighted by atomic mass is 9.79. The molecule has 1 N–H and O–H groups in total. The lowest BCUT2D eigenvalue weighted by Gasteiger charge is -2.56. The first-order chi connectivity index (χ1) is 35.3. The van der Waals surface area contributed by atoms with Crippen molar-refractivity contribution in [2.45, 2.75) is 274 Å². The molecule has 6 rings (SSSR count). The summed E-state index contributed by atoms with van der Waals surface area (Å²) in [5.74, 6) is 0. The number of unbranched alkanes of at least 4 members (excludes halogenated alkanes) is 3. The molecule has 0 radical (unpaired) electrons. The van der Waals surface area contributed by atoms with E-state index < -0.39 is 24.0 Å². The van der Waals surface area contributed by atoms with Gasteiger partial charge in [0.2, 0.25) is 0 Å². The number of hydrogen-bond acceptors (Lipinski definition) is 15. The van der Waals surface area contributed by atoms with Crippen LogP contribution in [0, 0.1) is 16.2 Å². The second-order valence-electron chi connectivity index (χ2n) is 28.9. The van der Waals surface area contributed by atoms with E-state index in [9.17, 15) is 4.57 Å². The lowest BCUT2D eigenvalue weighted by Crippen LogP contribution is -2.63. The fourth-order valence-corrected chi connectivity index (χ4v) is 18.4. The van der Waals surface area contributed by atoms with Gasteiger partial charge in [-0.1, -0.05) is 81.6 Å². The Kier molecular flexibility index (Phi) is 27.8. The molecule has 0 atom stereocenters. The summed E-state index contributed by atoms with van der Waals surface area (Å²) in [5, 5.41) is 10.1. The third kappa shape index (κ3) is 21.4. The Bertz CT molecular complexity index is 1710. The number of hydroxylamine groups is 6. The number of hydrogen-bond donors (Lipinski definition) is 1. The highest BCUT2D eigenvalue weighted by Crippen LogP contribution is 2.60. The lowest BCUT2D eigenvalue weighted by molar-refractivity contribution is -0.270. The van der Waals surface area contributed by atoms with E-state index in [0.29, 0.717) is 38.5 Å². The van der Waals surface area contributed by atoms with Gasteiger partial charge in [-0.2, -0.15) is 15.2 Å². The van der Waals surface area contributed by atoms with Crippen molar-refractivity contribution in [2.75, 3.05) is 80.6 Å². The molecule has 6 fully saturated rings. The standard InChI is InChI=1S/C19H39N2O4P.C19H39N2O3P.C14H30N2O.C5H10ClO2P/c1-9-10-11-20(26(22)24-14-17(2,3)15-25-26)16-12-18(4,5)21(23-8)19(6,7)13-16;1-9-10-11-20(25-23-14-17(2,3)15-24-25)16-12-18(4,5)21(22-8)19(6,7)13-16;1-7-8-9-15-12-10-13(2,3)16(17-6)14(4,5)11-12;1-5(2)3-7-9(6)8-4-5/h16H,9-15H2,1-8H3;16H,9-15H2,1-8H3;12,15H,7-11H2,1-6H3;3-4H2,1-2H3. The van der Waals surface area contributed by atoms with Crippen LogP contribution >= 0.6 is 35.2 Å². The number of halogens is 1. The van der Waals surface area contributed by atoms with Crippen molar-refractivity contribution in [1.29, 1.82) is 0 Å². The molecule has 6 saturated heterocycles. The summed E-state index contributed by atoms with van der Waals surface area (Å²) < 4.78 is 52.6. The first kappa shape index (κ1) is 72.0. The van der Waals surface area contributed by atoms with Gasteiger partial charge in [0.25, 0.3) is 16.3 Å². The Morgan fingerprint density at radius 3 is 1.21 bits per heavy atom. The molecule has 77 heavy (non-hydrogen) atoms. The molecular weight excluding hydrogens is 1060 g/mol. The highest BCUT2D eigenvalue weighted by atomic mass is 35.7. The van der Waals surface area contributed by atoms with E-state index in [0.717, 1.165) is 84.2 Å². The molecule has 0 aromatic carbocycles. The average Bonchev–Trinajstić information content (AvgIpc) is 3.28. The van der Waals surface area contributed by atoms with Crippen LogP contribution in [-0.2, 0) is 46.2 Å². The van der Waals surface area contributed by atoms with E-state index in [4.69, 9.17) is 52.9 Å². The molecule has 6 aliphatic heterocycles. The second-order valence-corrected chi connectivity index (χ2v) is 34.2. The molecule has 6 aliphatic rings. The van der Waals surface area contributed by atoms with E-state index in [1.807, 2.05) is 4.67 Å². The maximum Gasteiger partial charge on any atom is 0.408 e. The van der Waals surface area contributed by atoms with Gasteiger partial charge in [-0.3, -0.25) is 9.05 Å². The summed E-state index contributed by atoms with van der Waals surface area (Å²) in [7, 11) is 0.00631. The van der Waals surface area contributed by atoms with Gasteiger partial charge in [0.1, 0.15) is 0 Å². The van der Waals surface area contributed by atoms with Gasteiger partial charge < -0.3 is 37.9 Å². The van der Waals surface area contributed by atoms with Gasteiger partial charge in [0, 0.05) is 80.7 Å². The molecule has 0 aromatic rings. The van der Waals surface area contributed by atoms with Crippen molar-refractivity contribution < 1.29 is 46.2 Å². The first-order valence-corrected chi connectivity index (χ1v) is 34.0. The maximum absolute atomic E-state index is 13.6. The normalized spacial score (nSPS) is 27.4. The van der Waals surface area contributed by atoms with Crippen LogP contribution in [0.1, 0.15) is 222 Å². The Balaban J connectivity index is 0.000000285. The predicted molar refractivity (Wildman–Crippen MR) is 321 cm³/mol. The Morgan fingerprint density at radius 1 is 0.506 bits per heavy atom. The molecule has 0 unspecified atom stereocenters. The number of nitrogens with zero attached hydrogens (tertiary/aromatic N) is 5. The van der Waals surface area contributed by atoms with E-state index in [1.54, 1.807) is 21.3 Å². The quantitative estimate of drug-likeness (QED) is 0.109. The van der Waals surface area contributed by atoms with E-state index in [-0.39, 0.29) is 55.5 Å². The molecule has 0 amide bonds. The van der Waals surface area contributed by atoms with Crippen LogP contribution in [0.4, 0.5) is 0 Å². The zero-order valence-electron chi connectivity index (χ0n) is 53.6. The number of rotatable bonds is 17. The van der Waals surface area contributed by atoms with Gasteiger partial charge in [-0.25, -0.2) is 13.9 Å². The Labute approximate surface area is 479 Å². The van der Waals surface area contributed by atoms with Gasteiger partial charge >= 0.3 is 7.75 Å². The van der Waals surface area contributed by atoms with Crippen molar-refractivity contribution in [3.05, 3.63) is 0 Å². The summed E-state index contributed by atoms with van der Waals surface area (Å²) in [6, 6.07) is 1.19. The molecule has 458 valence electrons. The summed E-state index contributed by atoms with van der Waals surface area (Å²) >= 11 is 5.56. The van der Waals surface area contributed by atoms with Crippen molar-refractivity contribution in [3.8, 4) is 0 Å². The van der Waals surface area contributed by atoms with Crippen LogP contribution in [0.5, 0.6) is 0 Å². The predicted octanol–water partition coefficient (Wildman–Crippen LogP) is 15.3. The smallest absolute Gasteiger partial charge is 0.322 e. The van der Waals surface area contributed by atoms with Crippen LogP contribution < -0.4 is 5.32 Å². The molecule has 6 heterocycles. The largest absolute Gasteiger partial charge is 0.408 e. The fourth-order valence-electron chi connectivity index (χ4n) is 12.7. The molecular formula is C57H118ClN6O10P3. The molecule has 0 aliphatic carbocycles. The molecule has 20 heteroatoms. The van der Waals surface area contributed by atoms with Gasteiger partial charge in [-0.15, -0.1) is 0 Å². The monoisotopic (exact) mass is 1170 g/mol. The van der Waals surface area contributed by atoms with E-state index >= 15 is 0 Å². The summed E-state index contributed by atoms with van der Waals surface area (Å²) in [4.78, 5) is 17.1. The van der Waals surface area contributed by atoms with Crippen LogP contribution in [0.2, 0.25) is 0 Å². The van der Waals surface area contributed by atoms with Crippen LogP contribution in [0.3, 0.4) is 0 Å². The van der Waals surface area contributed by atoms with Crippen LogP contribution in [-0.4, -0.2) is 156 Å². The van der Waals surface area contributed by atoms with Crippen molar-refractivity contribution in [1.82, 2.24) is 29.8 Å². The average molecular weight is 1180 g/mol. The van der Waals surface area contributed by atoms with Gasteiger partial charge in [-0.05, 0) is 159 Å². The fraction of sp³-hybridized carbons (Fsp3) is 1.00. The Morgan fingerprint density at radius 2 is 0.844 bits per heavy atom. The highest BCUT2D eigenvalue weighted by Gasteiger charge is 2.53. The van der Waals surface area contributed by atoms with Crippen molar-refractivity contribution in [3.63, 3.8) is 0 Å². The zero-order chi connectivity index (χ0) is 58.7.